The predicted octanol–water partition coefficient (Wildman–Crippen LogP) is 1.50. The van der Waals surface area contributed by atoms with Gasteiger partial charge in [0.25, 0.3) is 5.56 Å². The van der Waals surface area contributed by atoms with E-state index in [1.54, 1.807) is 24.0 Å². The highest BCUT2D eigenvalue weighted by Gasteiger charge is 2.22. The molecule has 0 radical (unpaired) electrons. The molecule has 7 nitrogen and oxygen atoms in total. The lowest BCUT2D eigenvalue weighted by atomic mass is 10.1. The first-order chi connectivity index (χ1) is 11.9. The molecule has 0 bridgehead atoms. The fourth-order valence-corrected chi connectivity index (χ4v) is 3.47. The minimum Gasteiger partial charge on any atom is -0.349 e. The zero-order chi connectivity index (χ0) is 18.1. The van der Waals surface area contributed by atoms with Crippen LogP contribution >= 0.6 is 0 Å². The molecule has 0 saturated carbocycles. The number of aromatic nitrogens is 4. The second-order valence-corrected chi connectivity index (χ2v) is 7.12. The molecule has 0 unspecified atom stereocenters. The van der Waals surface area contributed by atoms with E-state index in [-0.39, 0.29) is 5.56 Å². The van der Waals surface area contributed by atoms with Crippen molar-refractivity contribution in [1.82, 2.24) is 24.2 Å². The number of hydrogen-bond donors (Lipinski definition) is 0. The first-order valence-electron chi connectivity index (χ1n) is 8.92. The Morgan fingerprint density at radius 1 is 1.16 bits per heavy atom. The molecule has 1 aliphatic rings. The molecule has 0 atom stereocenters. The van der Waals surface area contributed by atoms with Crippen LogP contribution in [-0.4, -0.2) is 50.4 Å². The van der Waals surface area contributed by atoms with E-state index in [1.807, 2.05) is 0 Å². The van der Waals surface area contributed by atoms with Gasteiger partial charge in [-0.1, -0.05) is 0 Å². The van der Waals surface area contributed by atoms with E-state index in [9.17, 15) is 4.79 Å². The molecule has 3 rings (SSSR count). The molecule has 0 N–H and O–H groups in total. The van der Waals surface area contributed by atoms with Crippen LogP contribution in [0.15, 0.2) is 17.2 Å². The fourth-order valence-electron chi connectivity index (χ4n) is 3.47. The molecule has 0 aromatic carbocycles. The van der Waals surface area contributed by atoms with Crippen molar-refractivity contribution in [3.63, 3.8) is 0 Å². The standard InChI is InChI=1S/C18H28N6O/c1-13(2)24-15(4)16(14(3)20-24)12-22-8-10-23(11-9-22)17-18(25)21(5)7-6-19-17/h6-7,13H,8-12H2,1-5H3. The van der Waals surface area contributed by atoms with Crippen LogP contribution < -0.4 is 10.5 Å². The van der Waals surface area contributed by atoms with Gasteiger partial charge in [0, 0.05) is 69.5 Å². The second kappa shape index (κ2) is 7.00. The molecule has 136 valence electrons. The molecule has 1 saturated heterocycles. The molecular formula is C18H28N6O. The van der Waals surface area contributed by atoms with Crippen LogP contribution in [0.1, 0.15) is 36.8 Å². The van der Waals surface area contributed by atoms with Crippen LogP contribution in [-0.2, 0) is 13.6 Å². The maximum atomic E-state index is 12.2. The van der Waals surface area contributed by atoms with Crippen molar-refractivity contribution in [1.29, 1.82) is 0 Å². The van der Waals surface area contributed by atoms with E-state index in [0.717, 1.165) is 38.4 Å². The molecule has 3 heterocycles. The van der Waals surface area contributed by atoms with Crippen LogP contribution in [0.5, 0.6) is 0 Å². The highest BCUT2D eigenvalue weighted by atomic mass is 16.1. The van der Waals surface area contributed by atoms with Crippen molar-refractivity contribution in [2.24, 2.45) is 7.05 Å². The lowest BCUT2D eigenvalue weighted by molar-refractivity contribution is 0.248. The van der Waals surface area contributed by atoms with Gasteiger partial charge in [-0.2, -0.15) is 5.10 Å². The summed E-state index contributed by atoms with van der Waals surface area (Å²) in [7, 11) is 1.77. The van der Waals surface area contributed by atoms with Crippen LogP contribution in [0.3, 0.4) is 0 Å². The van der Waals surface area contributed by atoms with Gasteiger partial charge in [-0.3, -0.25) is 14.4 Å². The number of rotatable bonds is 4. The largest absolute Gasteiger partial charge is 0.349 e. The number of nitrogens with zero attached hydrogens (tertiary/aromatic N) is 6. The van der Waals surface area contributed by atoms with Gasteiger partial charge < -0.3 is 9.47 Å². The summed E-state index contributed by atoms with van der Waals surface area (Å²) in [6.45, 7) is 13.0. The third-order valence-electron chi connectivity index (χ3n) is 5.02. The van der Waals surface area contributed by atoms with Gasteiger partial charge in [-0.05, 0) is 27.7 Å². The van der Waals surface area contributed by atoms with Gasteiger partial charge in [0.1, 0.15) is 0 Å². The first-order valence-corrected chi connectivity index (χ1v) is 8.92. The van der Waals surface area contributed by atoms with Gasteiger partial charge in [0.2, 0.25) is 0 Å². The van der Waals surface area contributed by atoms with Crippen LogP contribution in [0.4, 0.5) is 5.82 Å². The molecule has 0 aliphatic carbocycles. The summed E-state index contributed by atoms with van der Waals surface area (Å²) in [6.07, 6.45) is 3.39. The summed E-state index contributed by atoms with van der Waals surface area (Å²) in [4.78, 5) is 21.0. The molecule has 0 spiro atoms. The second-order valence-electron chi connectivity index (χ2n) is 7.12. The van der Waals surface area contributed by atoms with Crippen LogP contribution in [0.2, 0.25) is 0 Å². The molecule has 25 heavy (non-hydrogen) atoms. The third-order valence-corrected chi connectivity index (χ3v) is 5.02. The Morgan fingerprint density at radius 3 is 2.44 bits per heavy atom. The van der Waals surface area contributed by atoms with Gasteiger partial charge in [-0.15, -0.1) is 0 Å². The summed E-state index contributed by atoms with van der Waals surface area (Å²) in [6, 6.07) is 0.379. The zero-order valence-corrected chi connectivity index (χ0v) is 15.9. The average molecular weight is 344 g/mol. The smallest absolute Gasteiger partial charge is 0.293 e. The number of hydrogen-bond acceptors (Lipinski definition) is 5. The molecule has 2 aromatic rings. The Balaban J connectivity index is 1.67. The van der Waals surface area contributed by atoms with E-state index < -0.39 is 0 Å². The lowest BCUT2D eigenvalue weighted by Gasteiger charge is -2.35. The quantitative estimate of drug-likeness (QED) is 0.841. The maximum Gasteiger partial charge on any atom is 0.293 e. The Hall–Kier alpha value is -2.15. The summed E-state index contributed by atoms with van der Waals surface area (Å²) >= 11 is 0. The van der Waals surface area contributed by atoms with Crippen molar-refractivity contribution in [3.05, 3.63) is 39.7 Å². The predicted molar refractivity (Wildman–Crippen MR) is 99.1 cm³/mol. The Labute approximate surface area is 148 Å². The van der Waals surface area contributed by atoms with E-state index in [0.29, 0.717) is 11.9 Å². The topological polar surface area (TPSA) is 59.2 Å². The van der Waals surface area contributed by atoms with Crippen molar-refractivity contribution in [3.8, 4) is 0 Å². The number of aryl methyl sites for hydroxylation is 2. The Morgan fingerprint density at radius 2 is 1.84 bits per heavy atom. The summed E-state index contributed by atoms with van der Waals surface area (Å²) < 4.78 is 3.69. The van der Waals surface area contributed by atoms with Crippen LogP contribution in [0.25, 0.3) is 0 Å². The van der Waals surface area contributed by atoms with E-state index >= 15 is 0 Å². The van der Waals surface area contributed by atoms with Crippen LogP contribution in [0, 0.1) is 13.8 Å². The van der Waals surface area contributed by atoms with Gasteiger partial charge >= 0.3 is 0 Å². The highest BCUT2D eigenvalue weighted by Crippen LogP contribution is 2.20. The molecular weight excluding hydrogens is 316 g/mol. The molecule has 0 amide bonds. The van der Waals surface area contributed by atoms with Crippen molar-refractivity contribution >= 4 is 5.82 Å². The summed E-state index contributed by atoms with van der Waals surface area (Å²) in [5.41, 5.74) is 3.68. The monoisotopic (exact) mass is 344 g/mol. The highest BCUT2D eigenvalue weighted by molar-refractivity contribution is 5.36. The normalized spacial score (nSPS) is 16.0. The number of anilines is 1. The van der Waals surface area contributed by atoms with Crippen molar-refractivity contribution in [2.45, 2.75) is 40.3 Å². The molecule has 2 aromatic heterocycles. The van der Waals surface area contributed by atoms with Gasteiger partial charge in [0.15, 0.2) is 5.82 Å². The first kappa shape index (κ1) is 17.7. The van der Waals surface area contributed by atoms with Crippen molar-refractivity contribution in [2.75, 3.05) is 31.1 Å². The van der Waals surface area contributed by atoms with Gasteiger partial charge in [-0.25, -0.2) is 4.98 Å². The van der Waals surface area contributed by atoms with E-state index in [1.165, 1.54) is 11.3 Å². The summed E-state index contributed by atoms with van der Waals surface area (Å²) in [5.74, 6) is 0.560. The lowest BCUT2D eigenvalue weighted by Crippen LogP contribution is -2.48. The molecule has 7 heteroatoms. The van der Waals surface area contributed by atoms with Gasteiger partial charge in [0.05, 0.1) is 5.69 Å². The SMILES string of the molecule is Cc1nn(C(C)C)c(C)c1CN1CCN(c2nccn(C)c2=O)CC1. The van der Waals surface area contributed by atoms with E-state index in [4.69, 9.17) is 0 Å². The maximum absolute atomic E-state index is 12.2. The Bertz CT molecular complexity index is 798. The molecule has 1 aliphatic heterocycles. The van der Waals surface area contributed by atoms with Crippen molar-refractivity contribution < 1.29 is 0 Å². The minimum atomic E-state index is -0.0270. The summed E-state index contributed by atoms with van der Waals surface area (Å²) in [5, 5.41) is 4.68. The minimum absolute atomic E-state index is 0.0270. The van der Waals surface area contributed by atoms with E-state index in [2.05, 4.69) is 52.3 Å². The third kappa shape index (κ3) is 3.46. The fraction of sp³-hybridized carbons (Fsp3) is 0.611. The Kier molecular flexibility index (Phi) is 4.94. The zero-order valence-electron chi connectivity index (χ0n) is 15.9. The average Bonchev–Trinajstić information content (AvgIpc) is 2.86. The number of piperazine rings is 1. The molecule has 1 fully saturated rings.